The first-order chi connectivity index (χ1) is 5.07. The van der Waals surface area contributed by atoms with Gasteiger partial charge in [-0.15, -0.1) is 0 Å². The lowest BCUT2D eigenvalue weighted by atomic mass is 10.0. The highest BCUT2D eigenvalue weighted by molar-refractivity contribution is 5.71. The van der Waals surface area contributed by atoms with E-state index in [9.17, 15) is 4.79 Å². The highest BCUT2D eigenvalue weighted by atomic mass is 16.4. The second-order valence-electron chi connectivity index (χ2n) is 2.94. The smallest absolute Gasteiger partial charge is 0.332 e. The minimum atomic E-state index is -1.18. The summed E-state index contributed by atoms with van der Waals surface area (Å²) in [7, 11) is 0. The molecule has 0 spiro atoms. The molecule has 0 saturated heterocycles. The number of aliphatic carboxylic acids is 1. The topological polar surface area (TPSA) is 57.5 Å². The van der Waals surface area contributed by atoms with Crippen molar-refractivity contribution >= 4 is 5.97 Å². The summed E-state index contributed by atoms with van der Waals surface area (Å²) >= 11 is 0. The third kappa shape index (κ3) is 4.79. The maximum absolute atomic E-state index is 10.2. The van der Waals surface area contributed by atoms with Gasteiger partial charge in [-0.05, 0) is 18.8 Å². The highest BCUT2D eigenvalue weighted by Crippen LogP contribution is 2.10. The molecule has 0 aromatic carbocycles. The second-order valence-corrected chi connectivity index (χ2v) is 2.94. The van der Waals surface area contributed by atoms with Crippen LogP contribution in [0.4, 0.5) is 0 Å². The van der Waals surface area contributed by atoms with Crippen LogP contribution in [-0.2, 0) is 4.79 Å². The molecule has 2 N–H and O–H groups in total. The molecule has 0 aromatic heterocycles. The van der Waals surface area contributed by atoms with E-state index in [1.54, 1.807) is 0 Å². The predicted molar refractivity (Wildman–Crippen MR) is 42.3 cm³/mol. The van der Waals surface area contributed by atoms with Crippen LogP contribution >= 0.6 is 0 Å². The number of rotatable bonds is 5. The van der Waals surface area contributed by atoms with Crippen LogP contribution in [0.3, 0.4) is 0 Å². The quantitative estimate of drug-likeness (QED) is 0.636. The molecule has 0 radical (unpaired) electrons. The Hall–Kier alpha value is -0.570. The molecule has 11 heavy (non-hydrogen) atoms. The fraction of sp³-hybridized carbons (Fsp3) is 0.875. The fourth-order valence-electron chi connectivity index (χ4n) is 0.770. The second kappa shape index (κ2) is 5.13. The van der Waals surface area contributed by atoms with Gasteiger partial charge in [0, 0.05) is 0 Å². The van der Waals surface area contributed by atoms with Crippen LogP contribution in [0, 0.1) is 5.92 Å². The maximum atomic E-state index is 10.2. The number of hydrogen-bond acceptors (Lipinski definition) is 2. The molecular formula is C8H16O3. The van der Waals surface area contributed by atoms with Crippen molar-refractivity contribution in [2.75, 3.05) is 0 Å². The zero-order chi connectivity index (χ0) is 8.85. The minimum absolute atomic E-state index is 0.365. The maximum Gasteiger partial charge on any atom is 0.332 e. The van der Waals surface area contributed by atoms with Gasteiger partial charge < -0.3 is 10.2 Å². The van der Waals surface area contributed by atoms with Gasteiger partial charge in [0.15, 0.2) is 6.10 Å². The van der Waals surface area contributed by atoms with E-state index in [0.717, 1.165) is 12.8 Å². The molecular weight excluding hydrogens is 144 g/mol. The highest BCUT2D eigenvalue weighted by Gasteiger charge is 2.13. The minimum Gasteiger partial charge on any atom is -0.479 e. The van der Waals surface area contributed by atoms with E-state index in [2.05, 4.69) is 13.8 Å². The zero-order valence-corrected chi connectivity index (χ0v) is 7.08. The van der Waals surface area contributed by atoms with E-state index >= 15 is 0 Å². The molecule has 0 aromatic rings. The van der Waals surface area contributed by atoms with Crippen molar-refractivity contribution < 1.29 is 15.0 Å². The van der Waals surface area contributed by atoms with Gasteiger partial charge >= 0.3 is 5.97 Å². The molecule has 66 valence electrons. The van der Waals surface area contributed by atoms with Gasteiger partial charge in [-0.1, -0.05) is 20.3 Å². The van der Waals surface area contributed by atoms with Gasteiger partial charge in [-0.3, -0.25) is 0 Å². The van der Waals surface area contributed by atoms with Crippen LogP contribution in [0.1, 0.15) is 33.1 Å². The summed E-state index contributed by atoms with van der Waals surface area (Å²) in [5.41, 5.74) is 0. The summed E-state index contributed by atoms with van der Waals surface area (Å²) in [5.74, 6) is -0.614. The molecule has 0 heterocycles. The Morgan fingerprint density at radius 3 is 2.36 bits per heavy atom. The Kier molecular flexibility index (Phi) is 4.86. The monoisotopic (exact) mass is 160 g/mol. The number of aliphatic hydroxyl groups is 1. The Balaban J connectivity index is 3.45. The SMILES string of the molecule is CC[C@@H](C)CC[C@@H](O)C(=O)O. The van der Waals surface area contributed by atoms with Crippen molar-refractivity contribution in [1.82, 2.24) is 0 Å². The summed E-state index contributed by atoms with van der Waals surface area (Å²) < 4.78 is 0. The van der Waals surface area contributed by atoms with Gasteiger partial charge in [0.1, 0.15) is 0 Å². The molecule has 3 heteroatoms. The van der Waals surface area contributed by atoms with E-state index in [1.165, 1.54) is 0 Å². The van der Waals surface area contributed by atoms with E-state index < -0.39 is 12.1 Å². The summed E-state index contributed by atoms with van der Waals surface area (Å²) in [6, 6.07) is 0. The zero-order valence-electron chi connectivity index (χ0n) is 7.08. The number of carboxylic acid groups (broad SMARTS) is 1. The standard InChI is InChI=1S/C8H16O3/c1-3-6(2)4-5-7(9)8(10)11/h6-7,9H,3-5H2,1-2H3,(H,10,11)/t6-,7-/m1/s1. The largest absolute Gasteiger partial charge is 0.479 e. The number of aliphatic hydroxyl groups excluding tert-OH is 1. The van der Waals surface area contributed by atoms with Crippen LogP contribution < -0.4 is 0 Å². The number of carbonyl (C=O) groups is 1. The third-order valence-electron chi connectivity index (χ3n) is 1.91. The lowest BCUT2D eigenvalue weighted by molar-refractivity contribution is -0.147. The molecule has 0 aliphatic rings. The van der Waals surface area contributed by atoms with Crippen LogP contribution in [0.15, 0.2) is 0 Å². The molecule has 0 bridgehead atoms. The first kappa shape index (κ1) is 10.4. The van der Waals surface area contributed by atoms with E-state index in [-0.39, 0.29) is 0 Å². The lowest BCUT2D eigenvalue weighted by Crippen LogP contribution is -2.19. The normalized spacial score (nSPS) is 15.9. The Bertz CT molecular complexity index is 123. The first-order valence-electron chi connectivity index (χ1n) is 3.98. The molecule has 0 unspecified atom stereocenters. The molecule has 0 aliphatic carbocycles. The van der Waals surface area contributed by atoms with Gasteiger partial charge in [-0.2, -0.15) is 0 Å². The van der Waals surface area contributed by atoms with Gasteiger partial charge in [0.05, 0.1) is 0 Å². The van der Waals surface area contributed by atoms with Crippen molar-refractivity contribution in [1.29, 1.82) is 0 Å². The van der Waals surface area contributed by atoms with Gasteiger partial charge in [0.2, 0.25) is 0 Å². The van der Waals surface area contributed by atoms with Crippen LogP contribution in [-0.4, -0.2) is 22.3 Å². The fourth-order valence-corrected chi connectivity index (χ4v) is 0.770. The van der Waals surface area contributed by atoms with Crippen LogP contribution in [0.25, 0.3) is 0 Å². The Morgan fingerprint density at radius 1 is 1.45 bits per heavy atom. The number of hydrogen-bond donors (Lipinski definition) is 2. The van der Waals surface area contributed by atoms with E-state index in [1.807, 2.05) is 0 Å². The van der Waals surface area contributed by atoms with E-state index in [4.69, 9.17) is 10.2 Å². The Morgan fingerprint density at radius 2 is 2.00 bits per heavy atom. The van der Waals surface area contributed by atoms with Gasteiger partial charge in [-0.25, -0.2) is 4.79 Å². The van der Waals surface area contributed by atoms with E-state index in [0.29, 0.717) is 12.3 Å². The molecule has 0 saturated carbocycles. The van der Waals surface area contributed by atoms with Crippen LogP contribution in [0.5, 0.6) is 0 Å². The molecule has 0 aliphatic heterocycles. The summed E-state index contributed by atoms with van der Waals surface area (Å²) in [4.78, 5) is 10.2. The summed E-state index contributed by atoms with van der Waals surface area (Å²) in [5, 5.41) is 17.2. The number of carboxylic acids is 1. The van der Waals surface area contributed by atoms with Crippen molar-refractivity contribution in [3.05, 3.63) is 0 Å². The van der Waals surface area contributed by atoms with Crippen molar-refractivity contribution in [2.45, 2.75) is 39.2 Å². The molecule has 3 nitrogen and oxygen atoms in total. The summed E-state index contributed by atoms with van der Waals surface area (Å²) in [6.07, 6.45) is 1.00. The average molecular weight is 160 g/mol. The molecule has 0 rings (SSSR count). The first-order valence-corrected chi connectivity index (χ1v) is 3.98. The van der Waals surface area contributed by atoms with Gasteiger partial charge in [0.25, 0.3) is 0 Å². The molecule has 0 amide bonds. The summed E-state index contributed by atoms with van der Waals surface area (Å²) in [6.45, 7) is 4.10. The van der Waals surface area contributed by atoms with Crippen molar-refractivity contribution in [3.8, 4) is 0 Å². The molecule has 2 atom stereocenters. The van der Waals surface area contributed by atoms with Crippen molar-refractivity contribution in [3.63, 3.8) is 0 Å². The molecule has 0 fully saturated rings. The Labute approximate surface area is 67.0 Å². The average Bonchev–Trinajstić information content (AvgIpc) is 1.99. The predicted octanol–water partition coefficient (Wildman–Crippen LogP) is 1.26. The lowest BCUT2D eigenvalue weighted by Gasteiger charge is -2.09. The van der Waals surface area contributed by atoms with Crippen LogP contribution in [0.2, 0.25) is 0 Å². The third-order valence-corrected chi connectivity index (χ3v) is 1.91. The van der Waals surface area contributed by atoms with Crippen molar-refractivity contribution in [2.24, 2.45) is 5.92 Å².